The average molecular weight is 322 g/mol. The Morgan fingerprint density at radius 2 is 1.25 bits per heavy atom. The summed E-state index contributed by atoms with van der Waals surface area (Å²) in [6.45, 7) is 0.444. The van der Waals surface area contributed by atoms with Gasteiger partial charge in [0.2, 0.25) is 0 Å². The molecule has 120 valence electrons. The molecule has 2 aromatic carbocycles. The Labute approximate surface area is 141 Å². The van der Waals surface area contributed by atoms with Crippen LogP contribution in [-0.2, 0) is 23.4 Å². The second kappa shape index (κ2) is 6.02. The van der Waals surface area contributed by atoms with Crippen molar-refractivity contribution < 1.29 is 23.4 Å². The Bertz CT molecular complexity index is 639. The molecular formula is C17H16B2O5. The van der Waals surface area contributed by atoms with Crippen molar-refractivity contribution in [3.8, 4) is 0 Å². The lowest BCUT2D eigenvalue weighted by molar-refractivity contribution is -0.177. The van der Waals surface area contributed by atoms with Crippen molar-refractivity contribution in [1.29, 1.82) is 0 Å². The van der Waals surface area contributed by atoms with Gasteiger partial charge in [-0.3, -0.25) is 0 Å². The molecule has 4 atom stereocenters. The third-order valence-corrected chi connectivity index (χ3v) is 4.64. The van der Waals surface area contributed by atoms with Gasteiger partial charge in [-0.1, -0.05) is 60.7 Å². The topological polar surface area (TPSA) is 46.2 Å². The van der Waals surface area contributed by atoms with E-state index in [0.29, 0.717) is 6.61 Å². The zero-order chi connectivity index (χ0) is 15.9. The minimum Gasteiger partial charge on any atom is -0.399 e. The molecule has 5 nitrogen and oxygen atoms in total. The maximum absolute atomic E-state index is 6.14. The fourth-order valence-electron chi connectivity index (χ4n) is 3.45. The van der Waals surface area contributed by atoms with Crippen molar-refractivity contribution in [2.45, 2.75) is 24.6 Å². The molecule has 7 heteroatoms. The Morgan fingerprint density at radius 3 is 1.92 bits per heavy atom. The molecule has 3 aliphatic rings. The molecule has 2 aromatic rings. The first-order chi connectivity index (χ1) is 11.9. The summed E-state index contributed by atoms with van der Waals surface area (Å²) in [4.78, 5) is 0. The van der Waals surface area contributed by atoms with Gasteiger partial charge in [-0.05, 0) is 10.9 Å². The Balaban J connectivity index is 1.35. The highest BCUT2D eigenvalue weighted by molar-refractivity contribution is 6.62. The Kier molecular flexibility index (Phi) is 3.69. The largest absolute Gasteiger partial charge is 0.496 e. The quantitative estimate of drug-likeness (QED) is 0.746. The molecule has 0 spiro atoms. The van der Waals surface area contributed by atoms with Crippen LogP contribution in [0.3, 0.4) is 0 Å². The van der Waals surface area contributed by atoms with Gasteiger partial charge >= 0.3 is 14.2 Å². The minimum atomic E-state index is -0.431. The molecule has 24 heavy (non-hydrogen) atoms. The molecule has 0 bridgehead atoms. The highest BCUT2D eigenvalue weighted by Gasteiger charge is 2.56. The maximum atomic E-state index is 6.14. The van der Waals surface area contributed by atoms with Gasteiger partial charge in [-0.25, -0.2) is 0 Å². The highest BCUT2D eigenvalue weighted by atomic mass is 16.8. The Hall–Kier alpha value is -1.63. The molecule has 5 rings (SSSR count). The van der Waals surface area contributed by atoms with Crippen molar-refractivity contribution in [1.82, 2.24) is 0 Å². The molecule has 0 aliphatic carbocycles. The van der Waals surface area contributed by atoms with Crippen LogP contribution in [0.25, 0.3) is 0 Å². The Morgan fingerprint density at radius 1 is 0.667 bits per heavy atom. The van der Waals surface area contributed by atoms with Crippen molar-refractivity contribution in [2.24, 2.45) is 0 Å². The predicted molar refractivity (Wildman–Crippen MR) is 89.1 cm³/mol. The van der Waals surface area contributed by atoms with Crippen molar-refractivity contribution in [3.05, 3.63) is 60.7 Å². The maximum Gasteiger partial charge on any atom is 0.496 e. The number of fused-ring (bicyclic) bond motifs is 3. The fourth-order valence-corrected chi connectivity index (χ4v) is 3.45. The minimum absolute atomic E-state index is 0.144. The lowest BCUT2D eigenvalue weighted by Gasteiger charge is -2.32. The molecule has 3 heterocycles. The monoisotopic (exact) mass is 322 g/mol. The molecule has 0 N–H and O–H groups in total. The molecule has 0 aromatic heterocycles. The normalized spacial score (nSPS) is 31.8. The van der Waals surface area contributed by atoms with Crippen LogP contribution in [0.1, 0.15) is 0 Å². The van der Waals surface area contributed by atoms with Gasteiger partial charge in [-0.15, -0.1) is 0 Å². The van der Waals surface area contributed by atoms with E-state index in [0.717, 1.165) is 10.9 Å². The molecular weight excluding hydrogens is 306 g/mol. The van der Waals surface area contributed by atoms with Crippen molar-refractivity contribution >= 4 is 25.2 Å². The SMILES string of the molecule is c1ccc(B2O[C@H]3OC[C@H]4OB(c5ccccc5)O[C@H]4[C@H]3O2)cc1. The van der Waals surface area contributed by atoms with E-state index in [4.69, 9.17) is 23.4 Å². The van der Waals surface area contributed by atoms with Gasteiger partial charge in [0.05, 0.1) is 18.8 Å². The van der Waals surface area contributed by atoms with Crippen LogP contribution in [0.15, 0.2) is 60.7 Å². The number of hydrogen-bond acceptors (Lipinski definition) is 5. The number of rotatable bonds is 2. The van der Waals surface area contributed by atoms with E-state index in [-0.39, 0.29) is 25.4 Å². The van der Waals surface area contributed by atoms with Gasteiger partial charge < -0.3 is 23.4 Å². The second-order valence-corrected chi connectivity index (χ2v) is 6.20. The molecule has 3 aliphatic heterocycles. The smallest absolute Gasteiger partial charge is 0.399 e. The molecule has 0 unspecified atom stereocenters. The molecule has 0 amide bonds. The van der Waals surface area contributed by atoms with E-state index >= 15 is 0 Å². The summed E-state index contributed by atoms with van der Waals surface area (Å²) in [6.07, 6.45) is -1.05. The fraction of sp³-hybridized carbons (Fsp3) is 0.294. The van der Waals surface area contributed by atoms with Gasteiger partial charge in [0.25, 0.3) is 0 Å². The summed E-state index contributed by atoms with van der Waals surface area (Å²) in [5.41, 5.74) is 1.98. The van der Waals surface area contributed by atoms with E-state index < -0.39 is 13.4 Å². The lowest BCUT2D eigenvalue weighted by atomic mass is 9.79. The molecule has 3 fully saturated rings. The van der Waals surface area contributed by atoms with E-state index in [1.165, 1.54) is 0 Å². The van der Waals surface area contributed by atoms with Crippen LogP contribution in [-0.4, -0.2) is 45.4 Å². The summed E-state index contributed by atoms with van der Waals surface area (Å²) in [6, 6.07) is 19.8. The van der Waals surface area contributed by atoms with Crippen LogP contribution in [0.2, 0.25) is 0 Å². The third kappa shape index (κ3) is 2.49. The summed E-state index contributed by atoms with van der Waals surface area (Å²) >= 11 is 0. The predicted octanol–water partition coefficient (Wildman–Crippen LogP) is 0.333. The molecule has 0 radical (unpaired) electrons. The average Bonchev–Trinajstić information content (AvgIpc) is 3.27. The van der Waals surface area contributed by atoms with Crippen LogP contribution >= 0.6 is 0 Å². The van der Waals surface area contributed by atoms with Crippen LogP contribution in [0.5, 0.6) is 0 Å². The highest BCUT2D eigenvalue weighted by Crippen LogP contribution is 2.33. The zero-order valence-corrected chi connectivity index (χ0v) is 13.0. The van der Waals surface area contributed by atoms with Crippen molar-refractivity contribution in [2.75, 3.05) is 6.61 Å². The summed E-state index contributed by atoms with van der Waals surface area (Å²) in [7, 11) is -0.817. The summed E-state index contributed by atoms with van der Waals surface area (Å²) < 4.78 is 30.0. The van der Waals surface area contributed by atoms with Crippen LogP contribution in [0, 0.1) is 0 Å². The van der Waals surface area contributed by atoms with E-state index in [1.54, 1.807) is 0 Å². The van der Waals surface area contributed by atoms with E-state index in [2.05, 4.69) is 0 Å². The molecule has 3 saturated heterocycles. The third-order valence-electron chi connectivity index (χ3n) is 4.64. The second-order valence-electron chi connectivity index (χ2n) is 6.20. The first kappa shape index (κ1) is 14.7. The van der Waals surface area contributed by atoms with Gasteiger partial charge in [0.15, 0.2) is 6.29 Å². The van der Waals surface area contributed by atoms with Crippen LogP contribution < -0.4 is 10.9 Å². The standard InChI is InChI=1S/C17H16B2O5/c1-3-7-12(8-4-1)18-21-14-11-20-17-16(15(14)22-18)23-19(24-17)13-9-5-2-6-10-13/h1-10,14-17H,11H2/t14-,15-,16-,17-/m1/s1. The zero-order valence-electron chi connectivity index (χ0n) is 13.0. The van der Waals surface area contributed by atoms with Crippen LogP contribution in [0.4, 0.5) is 0 Å². The van der Waals surface area contributed by atoms with E-state index in [1.807, 2.05) is 60.7 Å². The number of ether oxygens (including phenoxy) is 1. The molecule has 0 saturated carbocycles. The first-order valence-electron chi connectivity index (χ1n) is 8.22. The van der Waals surface area contributed by atoms with Gasteiger partial charge in [-0.2, -0.15) is 0 Å². The van der Waals surface area contributed by atoms with Crippen molar-refractivity contribution in [3.63, 3.8) is 0 Å². The van der Waals surface area contributed by atoms with Gasteiger partial charge in [0.1, 0.15) is 6.10 Å². The summed E-state index contributed by atoms with van der Waals surface area (Å²) in [5, 5.41) is 0. The van der Waals surface area contributed by atoms with E-state index in [9.17, 15) is 0 Å². The summed E-state index contributed by atoms with van der Waals surface area (Å²) in [5.74, 6) is 0. The van der Waals surface area contributed by atoms with Gasteiger partial charge in [0, 0.05) is 0 Å². The lowest BCUT2D eigenvalue weighted by Crippen LogP contribution is -2.50. The number of benzene rings is 2. The number of hydrogen-bond donors (Lipinski definition) is 0. The first-order valence-corrected chi connectivity index (χ1v) is 8.22.